The molecule has 312 valence electrons. The standard InChI is InChI=1S/C43H50Cl2N8O6/c1-50-32-12-20-52(19-4-3-11-34(54)55)23-30(32)46-37(50)39(56)48-28-9-5-7-26(35(28)44)27-8-6-10-29(36(27)45)49-40(57)38-47-31-24-53(21-13-33(31)51(38)2)22-18-42-14-16-43(25-42,17-15-42)41(58)59/h5-10H,3-4,11-25H2,1-2H3,(H,48,56)(H,49,57)(H,54,55)(H,58,59). The molecule has 2 amide bonds. The van der Waals surface area contributed by atoms with Gasteiger partial charge in [-0.05, 0) is 82.0 Å². The Balaban J connectivity index is 0.915. The summed E-state index contributed by atoms with van der Waals surface area (Å²) < 4.78 is 3.68. The quantitative estimate of drug-likeness (QED) is 0.0966. The minimum atomic E-state index is -0.789. The van der Waals surface area contributed by atoms with E-state index in [2.05, 4.69) is 20.4 Å². The molecule has 2 aliphatic heterocycles. The molecule has 0 atom stereocenters. The Kier molecular flexibility index (Phi) is 11.4. The molecule has 2 aliphatic carbocycles. The fourth-order valence-electron chi connectivity index (χ4n) is 9.95. The summed E-state index contributed by atoms with van der Waals surface area (Å²) in [5.41, 5.74) is 5.25. The van der Waals surface area contributed by atoms with Crippen LogP contribution in [0, 0.1) is 10.8 Å². The van der Waals surface area contributed by atoms with Crippen molar-refractivity contribution < 1.29 is 29.4 Å². The lowest BCUT2D eigenvalue weighted by atomic mass is 9.80. The highest BCUT2D eigenvalue weighted by molar-refractivity contribution is 6.40. The van der Waals surface area contributed by atoms with E-state index < -0.39 is 23.3 Å². The van der Waals surface area contributed by atoms with Crippen LogP contribution in [0.25, 0.3) is 11.1 Å². The first kappa shape index (κ1) is 41.0. The molecule has 2 aromatic carbocycles. The van der Waals surface area contributed by atoms with Crippen LogP contribution in [0.2, 0.25) is 10.0 Å². The number of imidazole rings is 2. The second-order valence-corrected chi connectivity index (χ2v) is 17.7. The van der Waals surface area contributed by atoms with Crippen molar-refractivity contribution in [2.45, 2.75) is 83.7 Å². The zero-order valence-electron chi connectivity index (χ0n) is 33.5. The number of unbranched alkanes of at least 4 members (excludes halogenated alkanes) is 1. The number of amides is 2. The van der Waals surface area contributed by atoms with E-state index in [1.807, 2.05) is 23.2 Å². The van der Waals surface area contributed by atoms with Gasteiger partial charge in [0.2, 0.25) is 0 Å². The third kappa shape index (κ3) is 7.99. The first-order valence-corrected chi connectivity index (χ1v) is 21.2. The molecular weight excluding hydrogens is 795 g/mol. The molecule has 8 rings (SSSR count). The second kappa shape index (κ2) is 16.4. The molecule has 4 aromatic rings. The number of fused-ring (bicyclic) bond motifs is 4. The summed E-state index contributed by atoms with van der Waals surface area (Å²) in [7, 11) is 3.69. The SMILES string of the molecule is Cn1c(C(=O)Nc2cccc(-c3cccc(NC(=O)c4nc5c(n4C)CCN(CCC46CCC(C(=O)O)(CC4)C6)C5)c3Cl)c2Cl)nc2c1CCN(CCCCC(=O)O)C2. The second-order valence-electron chi connectivity index (χ2n) is 16.9. The zero-order chi connectivity index (χ0) is 41.6. The molecule has 59 heavy (non-hydrogen) atoms. The molecule has 4 heterocycles. The highest BCUT2D eigenvalue weighted by Crippen LogP contribution is 2.63. The van der Waals surface area contributed by atoms with Gasteiger partial charge in [0.05, 0.1) is 38.2 Å². The average molecular weight is 846 g/mol. The molecule has 0 unspecified atom stereocenters. The van der Waals surface area contributed by atoms with E-state index in [4.69, 9.17) is 38.3 Å². The first-order chi connectivity index (χ1) is 28.3. The van der Waals surface area contributed by atoms with Crippen LogP contribution in [0.5, 0.6) is 0 Å². The molecule has 2 fully saturated rings. The number of carboxylic acids is 2. The molecule has 0 spiro atoms. The van der Waals surface area contributed by atoms with Gasteiger partial charge in [0.25, 0.3) is 11.8 Å². The summed E-state index contributed by atoms with van der Waals surface area (Å²) in [4.78, 5) is 64.3. The van der Waals surface area contributed by atoms with Crippen LogP contribution in [0.1, 0.15) is 102 Å². The summed E-state index contributed by atoms with van der Waals surface area (Å²) in [6, 6.07) is 10.6. The normalized spacial score (nSPS) is 21.3. The van der Waals surface area contributed by atoms with E-state index >= 15 is 0 Å². The number of aromatic nitrogens is 4. The number of aliphatic carboxylic acids is 2. The van der Waals surface area contributed by atoms with Crippen LogP contribution in [-0.4, -0.2) is 89.0 Å². The van der Waals surface area contributed by atoms with Crippen molar-refractivity contribution in [2.75, 3.05) is 36.8 Å². The highest BCUT2D eigenvalue weighted by atomic mass is 35.5. The van der Waals surface area contributed by atoms with Crippen molar-refractivity contribution in [3.05, 3.63) is 80.9 Å². The summed E-state index contributed by atoms with van der Waals surface area (Å²) in [5.74, 6) is -1.67. The molecule has 2 saturated carbocycles. The molecule has 0 saturated heterocycles. The lowest BCUT2D eigenvalue weighted by molar-refractivity contribution is -0.148. The Morgan fingerprint density at radius 3 is 1.71 bits per heavy atom. The zero-order valence-corrected chi connectivity index (χ0v) is 35.0. The van der Waals surface area contributed by atoms with Gasteiger partial charge in [0.1, 0.15) is 0 Å². The minimum Gasteiger partial charge on any atom is -0.481 e. The van der Waals surface area contributed by atoms with Gasteiger partial charge < -0.3 is 30.0 Å². The fraction of sp³-hybridized carbons (Fsp3) is 0.488. The predicted octanol–water partition coefficient (Wildman–Crippen LogP) is 7.03. The largest absolute Gasteiger partial charge is 0.481 e. The van der Waals surface area contributed by atoms with Gasteiger partial charge >= 0.3 is 11.9 Å². The van der Waals surface area contributed by atoms with Gasteiger partial charge in [0, 0.05) is 82.1 Å². The van der Waals surface area contributed by atoms with Crippen molar-refractivity contribution in [3.63, 3.8) is 0 Å². The summed E-state index contributed by atoms with van der Waals surface area (Å²) >= 11 is 13.9. The number of anilines is 2. The van der Waals surface area contributed by atoms with E-state index in [9.17, 15) is 24.3 Å². The number of nitrogens with one attached hydrogen (secondary N) is 2. The number of carbonyl (C=O) groups is 4. The van der Waals surface area contributed by atoms with Crippen molar-refractivity contribution >= 4 is 58.3 Å². The maximum atomic E-state index is 13.8. The first-order valence-electron chi connectivity index (χ1n) is 20.5. The maximum Gasteiger partial charge on any atom is 0.309 e. The minimum absolute atomic E-state index is 0.124. The lowest BCUT2D eigenvalue weighted by Crippen LogP contribution is -2.34. The third-order valence-corrected chi connectivity index (χ3v) is 14.2. The Morgan fingerprint density at radius 2 is 1.24 bits per heavy atom. The van der Waals surface area contributed by atoms with Gasteiger partial charge in [-0.3, -0.25) is 29.0 Å². The van der Waals surface area contributed by atoms with Gasteiger partial charge in [-0.25, -0.2) is 9.97 Å². The van der Waals surface area contributed by atoms with Gasteiger partial charge in [-0.1, -0.05) is 47.5 Å². The highest BCUT2D eigenvalue weighted by Gasteiger charge is 2.57. The fourth-order valence-corrected chi connectivity index (χ4v) is 10.5. The Morgan fingerprint density at radius 1 is 0.729 bits per heavy atom. The molecule has 4 aliphatic rings. The molecule has 0 radical (unpaired) electrons. The molecule has 4 N–H and O–H groups in total. The summed E-state index contributed by atoms with van der Waals surface area (Å²) in [6.45, 7) is 4.53. The summed E-state index contributed by atoms with van der Waals surface area (Å²) in [6.07, 6.45) is 8.35. The number of hydrogen-bond acceptors (Lipinski definition) is 8. The van der Waals surface area contributed by atoms with E-state index in [1.54, 1.807) is 36.4 Å². The molecule has 2 aromatic heterocycles. The third-order valence-electron chi connectivity index (χ3n) is 13.4. The van der Waals surface area contributed by atoms with E-state index in [0.29, 0.717) is 42.0 Å². The van der Waals surface area contributed by atoms with Crippen LogP contribution in [0.4, 0.5) is 11.4 Å². The van der Waals surface area contributed by atoms with Gasteiger partial charge in [0.15, 0.2) is 11.6 Å². The van der Waals surface area contributed by atoms with Crippen molar-refractivity contribution in [1.29, 1.82) is 0 Å². The number of halogens is 2. The smallest absolute Gasteiger partial charge is 0.309 e. The number of carboxylic acid groups (broad SMARTS) is 2. The molecule has 2 bridgehead atoms. The number of carbonyl (C=O) groups excluding carboxylic acids is 2. The topological polar surface area (TPSA) is 175 Å². The van der Waals surface area contributed by atoms with Crippen molar-refractivity contribution in [1.82, 2.24) is 28.9 Å². The molecule has 16 heteroatoms. The number of rotatable bonds is 14. The Hall–Kier alpha value is -4.76. The monoisotopic (exact) mass is 844 g/mol. The Bertz CT molecular complexity index is 2330. The van der Waals surface area contributed by atoms with Crippen LogP contribution in [-0.2, 0) is 49.6 Å². The molecular formula is C43H50Cl2N8O6. The Labute approximate surface area is 352 Å². The average Bonchev–Trinajstić information content (AvgIpc) is 3.97. The van der Waals surface area contributed by atoms with Crippen LogP contribution in [0.15, 0.2) is 36.4 Å². The van der Waals surface area contributed by atoms with Crippen LogP contribution in [0.3, 0.4) is 0 Å². The van der Waals surface area contributed by atoms with Crippen molar-refractivity contribution in [3.8, 4) is 11.1 Å². The van der Waals surface area contributed by atoms with Gasteiger partial charge in [-0.2, -0.15) is 0 Å². The maximum absolute atomic E-state index is 13.8. The van der Waals surface area contributed by atoms with Crippen LogP contribution >= 0.6 is 23.2 Å². The van der Waals surface area contributed by atoms with E-state index in [0.717, 1.165) is 107 Å². The van der Waals surface area contributed by atoms with Crippen molar-refractivity contribution in [2.24, 2.45) is 24.9 Å². The van der Waals surface area contributed by atoms with Gasteiger partial charge in [-0.15, -0.1) is 0 Å². The number of nitrogens with zero attached hydrogens (tertiary/aromatic N) is 6. The van der Waals surface area contributed by atoms with E-state index in [1.165, 1.54) is 0 Å². The predicted molar refractivity (Wildman–Crippen MR) is 224 cm³/mol. The molecule has 14 nitrogen and oxygen atoms in total. The number of benzene rings is 2. The van der Waals surface area contributed by atoms with Crippen LogP contribution < -0.4 is 10.6 Å². The summed E-state index contributed by atoms with van der Waals surface area (Å²) in [5, 5.41) is 25.2. The van der Waals surface area contributed by atoms with E-state index in [-0.39, 0.29) is 39.4 Å². The lowest BCUT2D eigenvalue weighted by Gasteiger charge is -2.32. The number of hydrogen-bond donors (Lipinski definition) is 4.